The van der Waals surface area contributed by atoms with E-state index >= 15 is 0 Å². The summed E-state index contributed by atoms with van der Waals surface area (Å²) in [5.74, 6) is -0.153. The van der Waals surface area contributed by atoms with Crippen molar-refractivity contribution in [3.8, 4) is 0 Å². The first-order valence-electron chi connectivity index (χ1n) is 8.71. The molecule has 0 spiro atoms. The molecule has 0 N–H and O–H groups in total. The molecular formula is C19H33NO3Si. The third-order valence-electron chi connectivity index (χ3n) is 4.96. The zero-order chi connectivity index (χ0) is 18.5. The molecule has 24 heavy (non-hydrogen) atoms. The van der Waals surface area contributed by atoms with Crippen LogP contribution in [0.15, 0.2) is 24.3 Å². The zero-order valence-corrected chi connectivity index (χ0v) is 17.4. The van der Waals surface area contributed by atoms with Crippen molar-refractivity contribution in [2.24, 2.45) is 0 Å². The highest BCUT2D eigenvalue weighted by atomic mass is 28.4. The van der Waals surface area contributed by atoms with Crippen molar-refractivity contribution in [3.63, 3.8) is 0 Å². The molecule has 1 amide bonds. The van der Waals surface area contributed by atoms with E-state index in [0.717, 1.165) is 5.56 Å². The van der Waals surface area contributed by atoms with Gasteiger partial charge in [0, 0.05) is 12.6 Å². The van der Waals surface area contributed by atoms with Crippen molar-refractivity contribution in [1.82, 2.24) is 5.06 Å². The normalized spacial score (nSPS) is 12.3. The van der Waals surface area contributed by atoms with Gasteiger partial charge in [-0.15, -0.1) is 0 Å². The summed E-state index contributed by atoms with van der Waals surface area (Å²) in [5, 5.41) is 1.22. The number of hydrogen-bond donors (Lipinski definition) is 0. The lowest BCUT2D eigenvalue weighted by Crippen LogP contribution is -2.47. The Morgan fingerprint density at radius 1 is 1.00 bits per heavy atom. The number of hydrogen-bond acceptors (Lipinski definition) is 3. The molecule has 1 rings (SSSR count). The number of carbonyl (C=O) groups is 1. The van der Waals surface area contributed by atoms with Crippen molar-refractivity contribution in [1.29, 1.82) is 0 Å². The Morgan fingerprint density at radius 3 is 1.83 bits per heavy atom. The van der Waals surface area contributed by atoms with E-state index in [0.29, 0.717) is 28.8 Å². The first-order valence-corrected chi connectivity index (χ1v) is 10.9. The standard InChI is InChI=1S/C19H33NO3Si/c1-14(2)24(15(3)4,16(5)6)23-13-17-9-11-18(12-10-17)19(21)20(7)22-8/h9-12,14-16H,13H2,1-8H3. The molecule has 136 valence electrons. The fourth-order valence-electron chi connectivity index (χ4n) is 3.72. The van der Waals surface area contributed by atoms with Gasteiger partial charge in [-0.2, -0.15) is 0 Å². The maximum absolute atomic E-state index is 12.0. The molecule has 0 saturated carbocycles. The minimum absolute atomic E-state index is 0.153. The summed E-state index contributed by atoms with van der Waals surface area (Å²) in [6, 6.07) is 7.60. The molecule has 0 aromatic heterocycles. The van der Waals surface area contributed by atoms with E-state index in [1.165, 1.54) is 12.2 Å². The lowest BCUT2D eigenvalue weighted by Gasteiger charge is -2.42. The van der Waals surface area contributed by atoms with E-state index in [1.807, 2.05) is 24.3 Å². The van der Waals surface area contributed by atoms with E-state index in [1.54, 1.807) is 7.05 Å². The summed E-state index contributed by atoms with van der Waals surface area (Å²) in [6.07, 6.45) is 0. The topological polar surface area (TPSA) is 38.8 Å². The molecule has 0 aliphatic carbocycles. The van der Waals surface area contributed by atoms with Crippen molar-refractivity contribution in [3.05, 3.63) is 35.4 Å². The summed E-state index contributed by atoms with van der Waals surface area (Å²) >= 11 is 0. The summed E-state index contributed by atoms with van der Waals surface area (Å²) in [7, 11) is 1.22. The van der Waals surface area contributed by atoms with Crippen LogP contribution < -0.4 is 0 Å². The number of rotatable bonds is 8. The van der Waals surface area contributed by atoms with Gasteiger partial charge in [0.1, 0.15) is 0 Å². The quantitative estimate of drug-likeness (QED) is 0.488. The molecule has 0 aliphatic rings. The Balaban J connectivity index is 2.88. The Hall–Kier alpha value is -1.17. The summed E-state index contributed by atoms with van der Waals surface area (Å²) < 4.78 is 6.59. The smallest absolute Gasteiger partial charge is 0.277 e. The highest BCUT2D eigenvalue weighted by Crippen LogP contribution is 2.42. The fraction of sp³-hybridized carbons (Fsp3) is 0.632. The molecule has 0 bridgehead atoms. The summed E-state index contributed by atoms with van der Waals surface area (Å²) in [4.78, 5) is 17.0. The molecule has 0 radical (unpaired) electrons. The second-order valence-corrected chi connectivity index (χ2v) is 12.7. The Bertz CT molecular complexity index is 504. The van der Waals surface area contributed by atoms with Gasteiger partial charge in [0.2, 0.25) is 8.32 Å². The molecule has 0 aliphatic heterocycles. The van der Waals surface area contributed by atoms with Crippen LogP contribution in [0.2, 0.25) is 16.6 Å². The largest absolute Gasteiger partial charge is 0.412 e. The third-order valence-corrected chi connectivity index (χ3v) is 11.0. The van der Waals surface area contributed by atoms with Crippen LogP contribution in [0.5, 0.6) is 0 Å². The predicted octanol–water partition coefficient (Wildman–Crippen LogP) is 5.01. The molecule has 0 atom stereocenters. The molecular weight excluding hydrogens is 318 g/mol. The number of amides is 1. The van der Waals surface area contributed by atoms with Crippen LogP contribution in [0.4, 0.5) is 0 Å². The van der Waals surface area contributed by atoms with Gasteiger partial charge in [0.05, 0.1) is 13.7 Å². The molecule has 5 heteroatoms. The predicted molar refractivity (Wildman–Crippen MR) is 101 cm³/mol. The van der Waals surface area contributed by atoms with Gasteiger partial charge in [-0.1, -0.05) is 53.7 Å². The highest BCUT2D eigenvalue weighted by molar-refractivity contribution is 6.77. The average Bonchev–Trinajstić information content (AvgIpc) is 2.53. The van der Waals surface area contributed by atoms with Gasteiger partial charge in [-0.3, -0.25) is 9.63 Å². The highest BCUT2D eigenvalue weighted by Gasteiger charge is 2.44. The van der Waals surface area contributed by atoms with Crippen LogP contribution in [0, 0.1) is 0 Å². The number of nitrogens with zero attached hydrogens (tertiary/aromatic N) is 1. The van der Waals surface area contributed by atoms with Crippen LogP contribution >= 0.6 is 0 Å². The van der Waals surface area contributed by atoms with Gasteiger partial charge in [-0.05, 0) is 34.3 Å². The number of carbonyl (C=O) groups excluding carboxylic acids is 1. The Labute approximate surface area is 148 Å². The molecule has 4 nitrogen and oxygen atoms in total. The van der Waals surface area contributed by atoms with Gasteiger partial charge >= 0.3 is 0 Å². The van der Waals surface area contributed by atoms with Gasteiger partial charge in [0.15, 0.2) is 0 Å². The first-order chi connectivity index (χ1) is 11.2. The fourth-order valence-corrected chi connectivity index (χ4v) is 9.13. The van der Waals surface area contributed by atoms with Crippen LogP contribution in [0.1, 0.15) is 57.5 Å². The average molecular weight is 352 g/mol. The molecule has 0 saturated heterocycles. The van der Waals surface area contributed by atoms with Crippen molar-refractivity contribution in [2.75, 3.05) is 14.2 Å². The monoisotopic (exact) mass is 351 g/mol. The van der Waals surface area contributed by atoms with E-state index in [4.69, 9.17) is 9.26 Å². The van der Waals surface area contributed by atoms with Crippen LogP contribution in [-0.2, 0) is 15.9 Å². The van der Waals surface area contributed by atoms with E-state index < -0.39 is 8.32 Å². The maximum Gasteiger partial charge on any atom is 0.277 e. The minimum atomic E-state index is -1.86. The molecule has 1 aromatic rings. The van der Waals surface area contributed by atoms with Gasteiger partial charge in [-0.25, -0.2) is 5.06 Å². The van der Waals surface area contributed by atoms with E-state index in [-0.39, 0.29) is 5.91 Å². The minimum Gasteiger partial charge on any atom is -0.412 e. The third kappa shape index (κ3) is 4.46. The Morgan fingerprint density at radius 2 is 1.46 bits per heavy atom. The molecule has 0 unspecified atom stereocenters. The van der Waals surface area contributed by atoms with Gasteiger partial charge < -0.3 is 4.43 Å². The maximum atomic E-state index is 12.0. The Kier molecular flexibility index (Phi) is 7.64. The zero-order valence-electron chi connectivity index (χ0n) is 16.4. The van der Waals surface area contributed by atoms with Crippen molar-refractivity contribution in [2.45, 2.75) is 64.8 Å². The molecule has 1 aromatic carbocycles. The molecule has 0 fully saturated rings. The summed E-state index contributed by atoms with van der Waals surface area (Å²) in [5.41, 5.74) is 3.41. The van der Waals surface area contributed by atoms with Crippen LogP contribution in [0.25, 0.3) is 0 Å². The van der Waals surface area contributed by atoms with E-state index in [9.17, 15) is 4.79 Å². The van der Waals surface area contributed by atoms with Crippen LogP contribution in [0.3, 0.4) is 0 Å². The first kappa shape index (κ1) is 20.9. The molecule has 0 heterocycles. The van der Waals surface area contributed by atoms with Crippen molar-refractivity contribution >= 4 is 14.2 Å². The SMILES string of the molecule is CON(C)C(=O)c1ccc(CO[Si](C(C)C)(C(C)C)C(C)C)cc1. The number of benzene rings is 1. The van der Waals surface area contributed by atoms with Crippen LogP contribution in [-0.4, -0.2) is 33.4 Å². The van der Waals surface area contributed by atoms with Gasteiger partial charge in [0.25, 0.3) is 5.91 Å². The summed E-state index contributed by atoms with van der Waals surface area (Å²) in [6.45, 7) is 14.3. The lowest BCUT2D eigenvalue weighted by atomic mass is 10.1. The second-order valence-electron chi connectivity index (χ2n) is 7.29. The van der Waals surface area contributed by atoms with E-state index in [2.05, 4.69) is 41.5 Å². The lowest BCUT2D eigenvalue weighted by molar-refractivity contribution is -0.0757. The second kappa shape index (κ2) is 8.79. The van der Waals surface area contributed by atoms with Crippen molar-refractivity contribution < 1.29 is 14.1 Å². The number of hydroxylamine groups is 2.